The molecule has 18 heavy (non-hydrogen) atoms. The van der Waals surface area contributed by atoms with Crippen molar-refractivity contribution in [1.82, 2.24) is 5.32 Å². The first kappa shape index (κ1) is 12.0. The molecule has 3 rings (SSSR count). The van der Waals surface area contributed by atoms with Gasteiger partial charge in [-0.05, 0) is 30.9 Å². The summed E-state index contributed by atoms with van der Waals surface area (Å²) >= 11 is 0. The molecule has 0 atom stereocenters. The molecular formula is C13H18N2O2S. The average Bonchev–Trinajstić information content (AvgIpc) is 3.06. The van der Waals surface area contributed by atoms with E-state index in [0.717, 1.165) is 17.7 Å². The first-order valence-corrected chi connectivity index (χ1v) is 8.09. The van der Waals surface area contributed by atoms with Gasteiger partial charge in [-0.3, -0.25) is 4.31 Å². The first-order valence-electron chi connectivity index (χ1n) is 6.48. The van der Waals surface area contributed by atoms with Crippen LogP contribution in [0, 0.1) is 0 Å². The van der Waals surface area contributed by atoms with E-state index in [1.165, 1.54) is 12.8 Å². The number of hydrogen-bond acceptors (Lipinski definition) is 3. The topological polar surface area (TPSA) is 49.4 Å². The quantitative estimate of drug-likeness (QED) is 0.869. The molecule has 0 radical (unpaired) electrons. The van der Waals surface area contributed by atoms with Gasteiger partial charge in [0.1, 0.15) is 0 Å². The number of fused-ring (bicyclic) bond motifs is 1. The largest absolute Gasteiger partial charge is 0.313 e. The Labute approximate surface area is 108 Å². The molecule has 1 aliphatic carbocycles. The van der Waals surface area contributed by atoms with Crippen molar-refractivity contribution < 1.29 is 8.42 Å². The van der Waals surface area contributed by atoms with Crippen LogP contribution < -0.4 is 9.62 Å². The molecule has 1 fully saturated rings. The van der Waals surface area contributed by atoms with Crippen molar-refractivity contribution in [1.29, 1.82) is 0 Å². The van der Waals surface area contributed by atoms with Crippen LogP contribution in [-0.4, -0.2) is 33.3 Å². The van der Waals surface area contributed by atoms with E-state index in [2.05, 4.69) is 5.32 Å². The Kier molecular flexibility index (Phi) is 3.03. The molecule has 0 spiro atoms. The Bertz CT molecular complexity index is 538. The van der Waals surface area contributed by atoms with Crippen molar-refractivity contribution in [3.63, 3.8) is 0 Å². The highest BCUT2D eigenvalue weighted by atomic mass is 32.2. The van der Waals surface area contributed by atoms with Crippen LogP contribution >= 0.6 is 0 Å². The SMILES string of the molecule is O=S(=O)(CCNC1CC1)N1CCc2ccccc21. The molecule has 1 N–H and O–H groups in total. The third-order valence-corrected chi connectivity index (χ3v) is 5.32. The molecule has 5 heteroatoms. The zero-order valence-corrected chi connectivity index (χ0v) is 11.1. The summed E-state index contributed by atoms with van der Waals surface area (Å²) in [6, 6.07) is 8.33. The minimum atomic E-state index is -3.17. The van der Waals surface area contributed by atoms with E-state index < -0.39 is 10.0 Å². The van der Waals surface area contributed by atoms with E-state index in [4.69, 9.17) is 0 Å². The van der Waals surface area contributed by atoms with Gasteiger partial charge in [-0.2, -0.15) is 0 Å². The van der Waals surface area contributed by atoms with E-state index in [0.29, 0.717) is 19.1 Å². The molecule has 0 amide bonds. The number of nitrogens with one attached hydrogen (secondary N) is 1. The molecule has 0 saturated heterocycles. The normalized spacial score (nSPS) is 19.0. The zero-order valence-electron chi connectivity index (χ0n) is 10.3. The van der Waals surface area contributed by atoms with Crippen molar-refractivity contribution in [2.45, 2.75) is 25.3 Å². The highest BCUT2D eigenvalue weighted by Gasteiger charge is 2.29. The number of benzene rings is 1. The van der Waals surface area contributed by atoms with Crippen LogP contribution in [0.4, 0.5) is 5.69 Å². The van der Waals surface area contributed by atoms with Crippen molar-refractivity contribution >= 4 is 15.7 Å². The molecule has 1 aromatic rings. The highest BCUT2D eigenvalue weighted by molar-refractivity contribution is 7.92. The third kappa shape index (κ3) is 2.37. The molecule has 1 saturated carbocycles. The lowest BCUT2D eigenvalue weighted by Crippen LogP contribution is -2.35. The first-order chi connectivity index (χ1) is 8.67. The van der Waals surface area contributed by atoms with Crippen LogP contribution in [0.1, 0.15) is 18.4 Å². The lowest BCUT2D eigenvalue weighted by Gasteiger charge is -2.19. The van der Waals surface area contributed by atoms with Gasteiger partial charge < -0.3 is 5.32 Å². The second-order valence-electron chi connectivity index (χ2n) is 5.00. The van der Waals surface area contributed by atoms with Gasteiger partial charge in [0.2, 0.25) is 10.0 Å². The van der Waals surface area contributed by atoms with Gasteiger partial charge in [0, 0.05) is 19.1 Å². The Morgan fingerprint density at radius 2 is 2.06 bits per heavy atom. The van der Waals surface area contributed by atoms with Gasteiger partial charge >= 0.3 is 0 Å². The number of sulfonamides is 1. The number of rotatable bonds is 5. The van der Waals surface area contributed by atoms with E-state index in [1.807, 2.05) is 24.3 Å². The fraction of sp³-hybridized carbons (Fsp3) is 0.538. The van der Waals surface area contributed by atoms with E-state index in [-0.39, 0.29) is 5.75 Å². The fourth-order valence-electron chi connectivity index (χ4n) is 2.39. The minimum Gasteiger partial charge on any atom is -0.313 e. The summed E-state index contributed by atoms with van der Waals surface area (Å²) in [6.45, 7) is 1.15. The maximum Gasteiger partial charge on any atom is 0.236 e. The Balaban J connectivity index is 1.70. The molecule has 1 aliphatic heterocycles. The van der Waals surface area contributed by atoms with Crippen LogP contribution in [-0.2, 0) is 16.4 Å². The molecule has 98 valence electrons. The van der Waals surface area contributed by atoms with Gasteiger partial charge in [-0.15, -0.1) is 0 Å². The van der Waals surface area contributed by atoms with E-state index >= 15 is 0 Å². The fourth-order valence-corrected chi connectivity index (χ4v) is 3.83. The van der Waals surface area contributed by atoms with Gasteiger partial charge in [0.15, 0.2) is 0 Å². The van der Waals surface area contributed by atoms with Gasteiger partial charge in [-0.25, -0.2) is 8.42 Å². The average molecular weight is 266 g/mol. The molecule has 1 heterocycles. The second kappa shape index (κ2) is 4.55. The summed E-state index contributed by atoms with van der Waals surface area (Å²) in [6.07, 6.45) is 3.20. The Hall–Kier alpha value is -1.07. The lowest BCUT2D eigenvalue weighted by atomic mass is 10.2. The monoisotopic (exact) mass is 266 g/mol. The van der Waals surface area contributed by atoms with E-state index in [1.54, 1.807) is 4.31 Å². The maximum absolute atomic E-state index is 12.3. The van der Waals surface area contributed by atoms with Crippen LogP contribution in [0.3, 0.4) is 0 Å². The molecule has 0 aromatic heterocycles. The summed E-state index contributed by atoms with van der Waals surface area (Å²) in [7, 11) is -3.17. The van der Waals surface area contributed by atoms with E-state index in [9.17, 15) is 8.42 Å². The molecule has 0 unspecified atom stereocenters. The summed E-state index contributed by atoms with van der Waals surface area (Å²) < 4.78 is 26.1. The second-order valence-corrected chi connectivity index (χ2v) is 7.01. The van der Waals surface area contributed by atoms with Crippen LogP contribution in [0.2, 0.25) is 0 Å². The lowest BCUT2D eigenvalue weighted by molar-refractivity contribution is 0.587. The molecule has 1 aromatic carbocycles. The molecule has 0 bridgehead atoms. The van der Waals surface area contributed by atoms with Gasteiger partial charge in [0.05, 0.1) is 11.4 Å². The predicted octanol–water partition coefficient (Wildman–Crippen LogP) is 1.13. The number of hydrogen-bond donors (Lipinski definition) is 1. The van der Waals surface area contributed by atoms with Crippen LogP contribution in [0.5, 0.6) is 0 Å². The Morgan fingerprint density at radius 1 is 1.28 bits per heavy atom. The molecule has 4 nitrogen and oxygen atoms in total. The molecule has 2 aliphatic rings. The maximum atomic E-state index is 12.3. The number of nitrogens with zero attached hydrogens (tertiary/aromatic N) is 1. The van der Waals surface area contributed by atoms with Gasteiger partial charge in [-0.1, -0.05) is 18.2 Å². The minimum absolute atomic E-state index is 0.192. The smallest absolute Gasteiger partial charge is 0.236 e. The third-order valence-electron chi connectivity index (χ3n) is 3.55. The van der Waals surface area contributed by atoms with Crippen molar-refractivity contribution in [2.24, 2.45) is 0 Å². The van der Waals surface area contributed by atoms with Gasteiger partial charge in [0.25, 0.3) is 0 Å². The zero-order chi connectivity index (χ0) is 12.6. The van der Waals surface area contributed by atoms with Crippen molar-refractivity contribution in [3.8, 4) is 0 Å². The number of para-hydroxylation sites is 1. The summed E-state index contributed by atoms with van der Waals surface area (Å²) in [5.74, 6) is 0.192. The molecular weight excluding hydrogens is 248 g/mol. The summed E-state index contributed by atoms with van der Waals surface area (Å²) in [4.78, 5) is 0. The highest BCUT2D eigenvalue weighted by Crippen LogP contribution is 2.29. The van der Waals surface area contributed by atoms with Crippen molar-refractivity contribution in [3.05, 3.63) is 29.8 Å². The van der Waals surface area contributed by atoms with Crippen LogP contribution in [0.25, 0.3) is 0 Å². The summed E-state index contributed by atoms with van der Waals surface area (Å²) in [5.41, 5.74) is 2.00. The standard InChI is InChI=1S/C13H18N2O2S/c16-18(17,10-8-14-12-5-6-12)15-9-7-11-3-1-2-4-13(11)15/h1-4,12,14H,5-10H2. The van der Waals surface area contributed by atoms with Crippen LogP contribution in [0.15, 0.2) is 24.3 Å². The number of anilines is 1. The Morgan fingerprint density at radius 3 is 2.83 bits per heavy atom. The van der Waals surface area contributed by atoms with Crippen molar-refractivity contribution in [2.75, 3.05) is 23.1 Å². The summed E-state index contributed by atoms with van der Waals surface area (Å²) in [5, 5.41) is 3.25. The predicted molar refractivity (Wildman–Crippen MR) is 72.3 cm³/mol.